The first kappa shape index (κ1) is 13.3. The highest BCUT2D eigenvalue weighted by Crippen LogP contribution is 2.15. The molecule has 4 nitrogen and oxygen atoms in total. The molecular weight excluding hydrogens is 206 g/mol. The highest BCUT2D eigenvalue weighted by atomic mass is 16.6. The van der Waals surface area contributed by atoms with Crippen LogP contribution in [0.2, 0.25) is 0 Å². The zero-order chi connectivity index (χ0) is 12.2. The average molecular weight is 229 g/mol. The third kappa shape index (κ3) is 4.39. The minimum Gasteiger partial charge on any atom is -0.444 e. The van der Waals surface area contributed by atoms with Crippen molar-refractivity contribution in [1.29, 1.82) is 0 Å². The lowest BCUT2D eigenvalue weighted by Crippen LogP contribution is -2.40. The molecule has 0 N–H and O–H groups in total. The van der Waals surface area contributed by atoms with Crippen LogP contribution < -0.4 is 0 Å². The number of hydrogen-bond acceptors (Lipinski definition) is 3. The molecule has 0 aromatic rings. The number of hydrogen-bond donors (Lipinski definition) is 0. The Labute approximate surface area is 97.9 Å². The predicted molar refractivity (Wildman–Crippen MR) is 62.5 cm³/mol. The van der Waals surface area contributed by atoms with Crippen LogP contribution in [0.5, 0.6) is 0 Å². The third-order valence-electron chi connectivity index (χ3n) is 2.48. The van der Waals surface area contributed by atoms with Gasteiger partial charge in [0.25, 0.3) is 0 Å². The standard InChI is InChI=1S/C12H23NO3/c1-5-13(9-10-7-6-8-15-10)11(14)16-12(2,3)4/h10H,5-9H2,1-4H3/t10-/m1/s1. The summed E-state index contributed by atoms with van der Waals surface area (Å²) >= 11 is 0. The molecular formula is C12H23NO3. The molecule has 0 spiro atoms. The molecule has 1 fully saturated rings. The fourth-order valence-corrected chi connectivity index (χ4v) is 1.69. The fourth-order valence-electron chi connectivity index (χ4n) is 1.69. The van der Waals surface area contributed by atoms with Gasteiger partial charge in [-0.2, -0.15) is 0 Å². The highest BCUT2D eigenvalue weighted by molar-refractivity contribution is 5.68. The van der Waals surface area contributed by atoms with Gasteiger partial charge in [-0.05, 0) is 40.5 Å². The molecule has 94 valence electrons. The molecule has 4 heteroatoms. The van der Waals surface area contributed by atoms with E-state index in [0.29, 0.717) is 13.1 Å². The van der Waals surface area contributed by atoms with Gasteiger partial charge in [0.1, 0.15) is 5.60 Å². The molecule has 1 amide bonds. The SMILES string of the molecule is CCN(C[C@H]1CCCO1)C(=O)OC(C)(C)C. The van der Waals surface area contributed by atoms with E-state index in [-0.39, 0.29) is 12.2 Å². The topological polar surface area (TPSA) is 38.8 Å². The van der Waals surface area contributed by atoms with Crippen LogP contribution in [0.1, 0.15) is 40.5 Å². The second-order valence-corrected chi connectivity index (χ2v) is 5.15. The van der Waals surface area contributed by atoms with Gasteiger partial charge in [0.2, 0.25) is 0 Å². The first-order valence-electron chi connectivity index (χ1n) is 6.02. The largest absolute Gasteiger partial charge is 0.444 e. The molecule has 0 aromatic heterocycles. The Bertz CT molecular complexity index is 229. The van der Waals surface area contributed by atoms with Gasteiger partial charge in [-0.25, -0.2) is 4.79 Å². The van der Waals surface area contributed by atoms with E-state index in [4.69, 9.17) is 9.47 Å². The Kier molecular flexibility index (Phi) is 4.59. The quantitative estimate of drug-likeness (QED) is 0.746. The number of ether oxygens (including phenoxy) is 2. The van der Waals surface area contributed by atoms with Crippen LogP contribution in [0.3, 0.4) is 0 Å². The predicted octanol–water partition coefficient (Wildman–Crippen LogP) is 2.42. The van der Waals surface area contributed by atoms with Crippen LogP contribution in [-0.2, 0) is 9.47 Å². The lowest BCUT2D eigenvalue weighted by molar-refractivity contribution is 0.0119. The Balaban J connectivity index is 2.43. The second-order valence-electron chi connectivity index (χ2n) is 5.15. The summed E-state index contributed by atoms with van der Waals surface area (Å²) in [4.78, 5) is 13.5. The molecule has 0 saturated carbocycles. The smallest absolute Gasteiger partial charge is 0.410 e. The maximum absolute atomic E-state index is 11.8. The van der Waals surface area contributed by atoms with Gasteiger partial charge in [0.05, 0.1) is 12.6 Å². The molecule has 1 aliphatic heterocycles. The summed E-state index contributed by atoms with van der Waals surface area (Å²) in [6.45, 7) is 9.72. The van der Waals surface area contributed by atoms with Crippen LogP contribution in [0, 0.1) is 0 Å². The number of nitrogens with zero attached hydrogens (tertiary/aromatic N) is 1. The van der Waals surface area contributed by atoms with Gasteiger partial charge in [0.15, 0.2) is 0 Å². The van der Waals surface area contributed by atoms with Gasteiger partial charge in [-0.1, -0.05) is 0 Å². The summed E-state index contributed by atoms with van der Waals surface area (Å²) in [5, 5.41) is 0. The zero-order valence-corrected chi connectivity index (χ0v) is 10.8. The van der Waals surface area contributed by atoms with Crippen molar-refractivity contribution in [2.75, 3.05) is 19.7 Å². The molecule has 1 aliphatic rings. The van der Waals surface area contributed by atoms with E-state index in [0.717, 1.165) is 19.4 Å². The van der Waals surface area contributed by atoms with Gasteiger partial charge in [-0.15, -0.1) is 0 Å². The monoisotopic (exact) mass is 229 g/mol. The Morgan fingerprint density at radius 1 is 1.50 bits per heavy atom. The summed E-state index contributed by atoms with van der Waals surface area (Å²) in [7, 11) is 0. The Morgan fingerprint density at radius 2 is 2.19 bits per heavy atom. The third-order valence-corrected chi connectivity index (χ3v) is 2.48. The second kappa shape index (κ2) is 5.53. The molecule has 1 saturated heterocycles. The van der Waals surface area contributed by atoms with Crippen molar-refractivity contribution in [2.45, 2.75) is 52.2 Å². The fraction of sp³-hybridized carbons (Fsp3) is 0.917. The van der Waals surface area contributed by atoms with E-state index >= 15 is 0 Å². The Morgan fingerprint density at radius 3 is 2.62 bits per heavy atom. The molecule has 1 rings (SSSR count). The summed E-state index contributed by atoms with van der Waals surface area (Å²) in [5.74, 6) is 0. The van der Waals surface area contributed by atoms with Crippen LogP contribution >= 0.6 is 0 Å². The summed E-state index contributed by atoms with van der Waals surface area (Å²) in [6.07, 6.45) is 2.08. The van der Waals surface area contributed by atoms with Crippen molar-refractivity contribution in [1.82, 2.24) is 4.90 Å². The first-order valence-corrected chi connectivity index (χ1v) is 6.02. The number of carbonyl (C=O) groups is 1. The highest BCUT2D eigenvalue weighted by Gasteiger charge is 2.25. The maximum Gasteiger partial charge on any atom is 0.410 e. The van der Waals surface area contributed by atoms with Crippen molar-refractivity contribution >= 4 is 6.09 Å². The summed E-state index contributed by atoms with van der Waals surface area (Å²) < 4.78 is 10.8. The van der Waals surface area contributed by atoms with E-state index < -0.39 is 5.60 Å². The number of likely N-dealkylation sites (N-methyl/N-ethyl adjacent to an activating group) is 1. The van der Waals surface area contributed by atoms with Crippen LogP contribution in [-0.4, -0.2) is 42.4 Å². The van der Waals surface area contributed by atoms with E-state index in [1.807, 2.05) is 27.7 Å². The average Bonchev–Trinajstić information content (AvgIpc) is 2.63. The van der Waals surface area contributed by atoms with Crippen molar-refractivity contribution in [3.63, 3.8) is 0 Å². The van der Waals surface area contributed by atoms with E-state index in [1.165, 1.54) is 0 Å². The molecule has 0 aromatic carbocycles. The summed E-state index contributed by atoms with van der Waals surface area (Å²) in [6, 6.07) is 0. The maximum atomic E-state index is 11.8. The van der Waals surface area contributed by atoms with Crippen molar-refractivity contribution in [2.24, 2.45) is 0 Å². The van der Waals surface area contributed by atoms with Gasteiger partial charge in [0, 0.05) is 13.2 Å². The van der Waals surface area contributed by atoms with Gasteiger partial charge < -0.3 is 14.4 Å². The van der Waals surface area contributed by atoms with Crippen LogP contribution in [0.15, 0.2) is 0 Å². The minimum atomic E-state index is -0.430. The molecule has 0 unspecified atom stereocenters. The summed E-state index contributed by atoms with van der Waals surface area (Å²) in [5.41, 5.74) is -0.430. The lowest BCUT2D eigenvalue weighted by atomic mass is 10.2. The van der Waals surface area contributed by atoms with E-state index in [1.54, 1.807) is 4.90 Å². The molecule has 1 heterocycles. The molecule has 0 radical (unpaired) electrons. The van der Waals surface area contributed by atoms with Crippen LogP contribution in [0.25, 0.3) is 0 Å². The van der Waals surface area contributed by atoms with Crippen LogP contribution in [0.4, 0.5) is 4.79 Å². The molecule has 0 aliphatic carbocycles. The number of amides is 1. The van der Waals surface area contributed by atoms with Crippen molar-refractivity contribution in [3.05, 3.63) is 0 Å². The van der Waals surface area contributed by atoms with E-state index in [9.17, 15) is 4.79 Å². The van der Waals surface area contributed by atoms with E-state index in [2.05, 4.69) is 0 Å². The minimum absolute atomic E-state index is 0.187. The molecule has 1 atom stereocenters. The van der Waals surface area contributed by atoms with Crippen molar-refractivity contribution < 1.29 is 14.3 Å². The zero-order valence-electron chi connectivity index (χ0n) is 10.8. The lowest BCUT2D eigenvalue weighted by Gasteiger charge is -2.28. The van der Waals surface area contributed by atoms with Gasteiger partial charge >= 0.3 is 6.09 Å². The number of carbonyl (C=O) groups excluding carboxylic acids is 1. The Hall–Kier alpha value is -0.770. The van der Waals surface area contributed by atoms with Gasteiger partial charge in [-0.3, -0.25) is 0 Å². The van der Waals surface area contributed by atoms with Crippen molar-refractivity contribution in [3.8, 4) is 0 Å². The molecule has 0 bridgehead atoms. The normalized spacial score (nSPS) is 20.9. The number of rotatable bonds is 3. The molecule has 16 heavy (non-hydrogen) atoms. The first-order chi connectivity index (χ1) is 7.42.